The molecule has 1 fully saturated rings. The topological polar surface area (TPSA) is 40.5 Å². The van der Waals surface area contributed by atoms with Crippen LogP contribution in [0.3, 0.4) is 0 Å². The Bertz CT molecular complexity index is 531. The van der Waals surface area contributed by atoms with Crippen LogP contribution in [0, 0.1) is 11.7 Å². The molecule has 1 aromatic rings. The van der Waals surface area contributed by atoms with Gasteiger partial charge in [-0.25, -0.2) is 4.39 Å². The predicted molar refractivity (Wildman–Crippen MR) is 75.5 cm³/mol. The monoisotopic (exact) mass is 277 g/mol. The maximum Gasteiger partial charge on any atom is 0.311 e. The minimum Gasteiger partial charge on any atom is -0.481 e. The van der Waals surface area contributed by atoms with Crippen molar-refractivity contribution >= 4 is 11.7 Å². The molecule has 0 bridgehead atoms. The van der Waals surface area contributed by atoms with Crippen LogP contribution in [-0.4, -0.2) is 24.2 Å². The van der Waals surface area contributed by atoms with Crippen LogP contribution >= 0.6 is 0 Å². The van der Waals surface area contributed by atoms with E-state index in [1.807, 2.05) is 7.05 Å². The highest BCUT2D eigenvalue weighted by atomic mass is 19.1. The van der Waals surface area contributed by atoms with Crippen LogP contribution in [0.1, 0.15) is 43.6 Å². The van der Waals surface area contributed by atoms with E-state index in [1.54, 1.807) is 6.07 Å². The van der Waals surface area contributed by atoms with Crippen molar-refractivity contribution in [3.8, 4) is 0 Å². The normalized spacial score (nSPS) is 29.3. The zero-order valence-corrected chi connectivity index (χ0v) is 11.7. The summed E-state index contributed by atoms with van der Waals surface area (Å²) in [6.07, 6.45) is 5.33. The van der Waals surface area contributed by atoms with Crippen molar-refractivity contribution in [1.29, 1.82) is 0 Å². The molecule has 20 heavy (non-hydrogen) atoms. The molecule has 3 rings (SSSR count). The number of hydrogen-bond donors (Lipinski definition) is 1. The fraction of sp³-hybridized carbons (Fsp3) is 0.562. The summed E-state index contributed by atoms with van der Waals surface area (Å²) < 4.78 is 13.5. The standard InChI is InChI=1S/C16H20FNO2/c1-18-13-6-4-2-3-5-11(13)15(16(19)20)12-8-7-10(17)9-14(12)18/h7-9,11,13,15H,2-6H2,1H3,(H,19,20). The van der Waals surface area contributed by atoms with E-state index in [2.05, 4.69) is 4.90 Å². The summed E-state index contributed by atoms with van der Waals surface area (Å²) in [6.45, 7) is 0. The fourth-order valence-electron chi connectivity index (χ4n) is 4.00. The van der Waals surface area contributed by atoms with Crippen molar-refractivity contribution in [1.82, 2.24) is 0 Å². The maximum atomic E-state index is 13.5. The highest BCUT2D eigenvalue weighted by molar-refractivity contribution is 5.81. The van der Waals surface area contributed by atoms with Crippen molar-refractivity contribution < 1.29 is 14.3 Å². The first kappa shape index (κ1) is 13.4. The molecule has 3 nitrogen and oxygen atoms in total. The molecular weight excluding hydrogens is 257 g/mol. The molecule has 3 atom stereocenters. The third-order valence-corrected chi connectivity index (χ3v) is 4.93. The predicted octanol–water partition coefficient (Wildman–Crippen LogP) is 3.39. The van der Waals surface area contributed by atoms with E-state index >= 15 is 0 Å². The Kier molecular flexibility index (Phi) is 3.40. The second kappa shape index (κ2) is 5.08. The van der Waals surface area contributed by atoms with Gasteiger partial charge < -0.3 is 10.0 Å². The highest BCUT2D eigenvalue weighted by Crippen LogP contribution is 2.46. The van der Waals surface area contributed by atoms with Gasteiger partial charge in [-0.05, 0) is 36.5 Å². The van der Waals surface area contributed by atoms with Crippen LogP contribution in [0.4, 0.5) is 10.1 Å². The van der Waals surface area contributed by atoms with Gasteiger partial charge >= 0.3 is 5.97 Å². The maximum absolute atomic E-state index is 13.5. The van der Waals surface area contributed by atoms with Crippen molar-refractivity contribution in [2.45, 2.75) is 44.1 Å². The van der Waals surface area contributed by atoms with Crippen LogP contribution in [0.5, 0.6) is 0 Å². The molecular formula is C16H20FNO2. The van der Waals surface area contributed by atoms with Gasteiger partial charge in [0.05, 0.1) is 5.92 Å². The molecule has 1 aliphatic carbocycles. The summed E-state index contributed by atoms with van der Waals surface area (Å²) in [5.41, 5.74) is 1.52. The molecule has 0 amide bonds. The van der Waals surface area contributed by atoms with Crippen molar-refractivity contribution in [2.24, 2.45) is 5.92 Å². The van der Waals surface area contributed by atoms with E-state index in [0.29, 0.717) is 0 Å². The highest BCUT2D eigenvalue weighted by Gasteiger charge is 2.43. The van der Waals surface area contributed by atoms with E-state index in [4.69, 9.17) is 0 Å². The Hall–Kier alpha value is -1.58. The molecule has 1 aliphatic heterocycles. The number of carbonyl (C=O) groups is 1. The van der Waals surface area contributed by atoms with Gasteiger partial charge in [0, 0.05) is 18.8 Å². The first-order valence-corrected chi connectivity index (χ1v) is 7.34. The first-order valence-electron chi connectivity index (χ1n) is 7.34. The summed E-state index contributed by atoms with van der Waals surface area (Å²) in [5.74, 6) is -1.43. The fourth-order valence-corrected chi connectivity index (χ4v) is 4.00. The lowest BCUT2D eigenvalue weighted by atomic mass is 9.74. The van der Waals surface area contributed by atoms with Crippen LogP contribution in [0.2, 0.25) is 0 Å². The molecule has 3 unspecified atom stereocenters. The molecule has 0 saturated heterocycles. The Morgan fingerprint density at radius 1 is 1.30 bits per heavy atom. The second-order valence-corrected chi connectivity index (χ2v) is 6.00. The van der Waals surface area contributed by atoms with E-state index in [9.17, 15) is 14.3 Å². The molecule has 108 valence electrons. The van der Waals surface area contributed by atoms with Gasteiger partial charge in [-0.2, -0.15) is 0 Å². The number of carboxylic acid groups (broad SMARTS) is 1. The van der Waals surface area contributed by atoms with E-state index in [0.717, 1.165) is 43.4 Å². The molecule has 0 spiro atoms. The zero-order valence-electron chi connectivity index (χ0n) is 11.7. The number of anilines is 1. The minimum absolute atomic E-state index is 0.137. The van der Waals surface area contributed by atoms with Gasteiger partial charge in [0.25, 0.3) is 0 Å². The Morgan fingerprint density at radius 3 is 2.80 bits per heavy atom. The molecule has 0 aromatic heterocycles. The lowest BCUT2D eigenvalue weighted by molar-refractivity contribution is -0.140. The van der Waals surface area contributed by atoms with Gasteiger partial charge in [0.1, 0.15) is 5.82 Å². The Balaban J connectivity index is 2.12. The SMILES string of the molecule is CN1c2cc(F)ccc2C(C(=O)O)C2CCCCCC21. The molecule has 1 heterocycles. The summed E-state index contributed by atoms with van der Waals surface area (Å²) >= 11 is 0. The number of fused-ring (bicyclic) bond motifs is 2. The Morgan fingerprint density at radius 2 is 2.05 bits per heavy atom. The molecule has 1 saturated carbocycles. The smallest absolute Gasteiger partial charge is 0.311 e. The number of hydrogen-bond acceptors (Lipinski definition) is 2. The summed E-state index contributed by atoms with van der Waals surface area (Å²) in [7, 11) is 1.97. The van der Waals surface area contributed by atoms with Gasteiger partial charge in [-0.15, -0.1) is 0 Å². The van der Waals surface area contributed by atoms with Gasteiger partial charge in [-0.1, -0.05) is 25.3 Å². The van der Waals surface area contributed by atoms with Crippen molar-refractivity contribution in [2.75, 3.05) is 11.9 Å². The zero-order chi connectivity index (χ0) is 14.3. The summed E-state index contributed by atoms with van der Waals surface area (Å²) in [5, 5.41) is 9.66. The molecule has 4 heteroatoms. The van der Waals surface area contributed by atoms with Gasteiger partial charge in [0.15, 0.2) is 0 Å². The molecule has 1 N–H and O–H groups in total. The van der Waals surface area contributed by atoms with E-state index in [1.165, 1.54) is 12.1 Å². The lowest BCUT2D eigenvalue weighted by Gasteiger charge is -2.44. The number of benzene rings is 1. The average molecular weight is 277 g/mol. The number of rotatable bonds is 1. The molecule has 2 aliphatic rings. The largest absolute Gasteiger partial charge is 0.481 e. The number of aliphatic carboxylic acids is 1. The van der Waals surface area contributed by atoms with Crippen LogP contribution in [0.15, 0.2) is 18.2 Å². The van der Waals surface area contributed by atoms with E-state index < -0.39 is 11.9 Å². The second-order valence-electron chi connectivity index (χ2n) is 6.00. The Labute approximate surface area is 118 Å². The molecule has 1 aromatic carbocycles. The van der Waals surface area contributed by atoms with Gasteiger partial charge in [-0.3, -0.25) is 4.79 Å². The number of nitrogens with zero attached hydrogens (tertiary/aromatic N) is 1. The molecule has 0 radical (unpaired) electrons. The summed E-state index contributed by atoms with van der Waals surface area (Å²) in [6, 6.07) is 4.72. The van der Waals surface area contributed by atoms with Crippen LogP contribution < -0.4 is 4.90 Å². The van der Waals surface area contributed by atoms with E-state index in [-0.39, 0.29) is 17.8 Å². The summed E-state index contributed by atoms with van der Waals surface area (Å²) in [4.78, 5) is 13.9. The quantitative estimate of drug-likeness (QED) is 0.855. The lowest BCUT2D eigenvalue weighted by Crippen LogP contribution is -2.46. The minimum atomic E-state index is -0.775. The van der Waals surface area contributed by atoms with Crippen LogP contribution in [-0.2, 0) is 4.79 Å². The third kappa shape index (κ3) is 2.07. The number of halogens is 1. The van der Waals surface area contributed by atoms with Crippen LogP contribution in [0.25, 0.3) is 0 Å². The first-order chi connectivity index (χ1) is 9.59. The third-order valence-electron chi connectivity index (χ3n) is 4.93. The van der Waals surface area contributed by atoms with Gasteiger partial charge in [0.2, 0.25) is 0 Å². The van der Waals surface area contributed by atoms with Crippen molar-refractivity contribution in [3.05, 3.63) is 29.6 Å². The average Bonchev–Trinajstić information content (AvgIpc) is 2.65. The number of carboxylic acids is 1. The van der Waals surface area contributed by atoms with Crippen molar-refractivity contribution in [3.63, 3.8) is 0 Å².